The second kappa shape index (κ2) is 4.33. The topological polar surface area (TPSA) is 156 Å². The molecule has 0 radical (unpaired) electrons. The van der Waals surface area contributed by atoms with Crippen molar-refractivity contribution >= 4 is 41.5 Å². The van der Waals surface area contributed by atoms with E-state index in [1.165, 1.54) is 0 Å². The van der Waals surface area contributed by atoms with E-state index in [2.05, 4.69) is 0 Å². The van der Waals surface area contributed by atoms with E-state index in [9.17, 15) is 9.59 Å². The second-order valence-electron chi connectivity index (χ2n) is 1.95. The van der Waals surface area contributed by atoms with Gasteiger partial charge in [0.15, 0.2) is 0 Å². The van der Waals surface area contributed by atoms with E-state index in [0.29, 0.717) is 0 Å². The van der Waals surface area contributed by atoms with E-state index in [-0.39, 0.29) is 29.6 Å². The van der Waals surface area contributed by atoms with Crippen LogP contribution in [0.3, 0.4) is 0 Å². The number of hydrogen-bond acceptors (Lipinski definition) is 6. The monoisotopic (exact) mass is 206 g/mol. The van der Waals surface area contributed by atoms with E-state index >= 15 is 0 Å². The van der Waals surface area contributed by atoms with Crippen LogP contribution in [0.25, 0.3) is 0 Å². The first-order chi connectivity index (χ1) is 5.14. The molecule has 0 aromatic heterocycles. The summed E-state index contributed by atoms with van der Waals surface area (Å²) in [6.45, 7) is 0. The minimum absolute atomic E-state index is 0. The van der Waals surface area contributed by atoms with Crippen LogP contribution in [0.4, 0.5) is 0 Å². The fourth-order valence-corrected chi connectivity index (χ4v) is 0.298. The number of rotatable bonds is 3. The zero-order valence-corrected chi connectivity index (χ0v) is 5.50. The normalized spacial score (nSPS) is 11.7. The van der Waals surface area contributed by atoms with Crippen LogP contribution in [0.2, 0.25) is 0 Å². The summed E-state index contributed by atoms with van der Waals surface area (Å²) >= 11 is 0. The molecular weight excluding hydrogens is 199 g/mol. The van der Waals surface area contributed by atoms with Crippen LogP contribution in [-0.2, 0) is 9.59 Å². The standard InChI is InChI=1S/C4H6O8.Na.H/c5-1(6)3(9,10)4(11,12)2(7)8;;/h9-12H,(H,5,6)(H,7,8);;. The quantitative estimate of drug-likeness (QED) is 0.201. The molecule has 0 aromatic carbocycles. The molecule has 0 unspecified atom stereocenters. The van der Waals surface area contributed by atoms with Crippen LogP contribution in [0.5, 0.6) is 0 Å². The van der Waals surface area contributed by atoms with Crippen molar-refractivity contribution in [3.63, 3.8) is 0 Å². The van der Waals surface area contributed by atoms with Gasteiger partial charge in [-0.25, -0.2) is 9.59 Å². The molecule has 8 nitrogen and oxygen atoms in total. The molecule has 0 aliphatic rings. The summed E-state index contributed by atoms with van der Waals surface area (Å²) in [7, 11) is 0. The van der Waals surface area contributed by atoms with E-state index in [1.807, 2.05) is 0 Å². The maximum atomic E-state index is 9.89. The summed E-state index contributed by atoms with van der Waals surface area (Å²) < 4.78 is 0. The Morgan fingerprint density at radius 3 is 1.00 bits per heavy atom. The molecule has 0 amide bonds. The van der Waals surface area contributed by atoms with Gasteiger partial charge >= 0.3 is 53.1 Å². The molecular formula is C4H7NaO8. The molecule has 9 heteroatoms. The molecule has 0 bridgehead atoms. The van der Waals surface area contributed by atoms with Crippen molar-refractivity contribution in [1.82, 2.24) is 0 Å². The summed E-state index contributed by atoms with van der Waals surface area (Å²) in [4.78, 5) is 19.8. The van der Waals surface area contributed by atoms with Crippen molar-refractivity contribution < 1.29 is 40.2 Å². The van der Waals surface area contributed by atoms with Gasteiger partial charge < -0.3 is 30.6 Å². The van der Waals surface area contributed by atoms with Crippen molar-refractivity contribution in [3.8, 4) is 0 Å². The number of carbonyl (C=O) groups is 2. The van der Waals surface area contributed by atoms with Crippen LogP contribution in [0.1, 0.15) is 0 Å². The predicted octanol–water partition coefficient (Wildman–Crippen LogP) is -4.13. The molecule has 0 atom stereocenters. The molecule has 0 aromatic rings. The zero-order valence-electron chi connectivity index (χ0n) is 5.50. The third-order valence-corrected chi connectivity index (χ3v) is 1.08. The zero-order chi connectivity index (χ0) is 10.2. The number of hydrogen-bond donors (Lipinski definition) is 6. The fourth-order valence-electron chi connectivity index (χ4n) is 0.298. The summed E-state index contributed by atoms with van der Waals surface area (Å²) in [6, 6.07) is 0. The first-order valence-electron chi connectivity index (χ1n) is 2.50. The van der Waals surface area contributed by atoms with Crippen molar-refractivity contribution in [2.24, 2.45) is 0 Å². The first-order valence-corrected chi connectivity index (χ1v) is 2.50. The molecule has 0 saturated carbocycles. The Labute approximate surface area is 93.3 Å². The number of aliphatic hydroxyl groups is 4. The molecule has 0 spiro atoms. The maximum absolute atomic E-state index is 9.89. The van der Waals surface area contributed by atoms with E-state index < -0.39 is 23.5 Å². The molecule has 0 aliphatic heterocycles. The molecule has 13 heavy (non-hydrogen) atoms. The average Bonchev–Trinajstić information content (AvgIpc) is 1.86. The van der Waals surface area contributed by atoms with Crippen LogP contribution >= 0.6 is 0 Å². The molecule has 0 fully saturated rings. The molecule has 0 aliphatic carbocycles. The van der Waals surface area contributed by atoms with Crippen molar-refractivity contribution in [3.05, 3.63) is 0 Å². The number of carboxylic acid groups (broad SMARTS) is 2. The molecule has 6 N–H and O–H groups in total. The Kier molecular flexibility index (Phi) is 5.08. The van der Waals surface area contributed by atoms with Crippen molar-refractivity contribution in [1.29, 1.82) is 0 Å². The molecule has 0 heterocycles. The number of carboxylic acids is 2. The van der Waals surface area contributed by atoms with Crippen molar-refractivity contribution in [2.75, 3.05) is 0 Å². The Balaban J connectivity index is 0. The van der Waals surface area contributed by atoms with Gasteiger partial charge in [0, 0.05) is 0 Å². The van der Waals surface area contributed by atoms with Gasteiger partial charge in [-0.15, -0.1) is 0 Å². The van der Waals surface area contributed by atoms with E-state index in [0.717, 1.165) is 0 Å². The Bertz CT molecular complexity index is 196. The average molecular weight is 206 g/mol. The summed E-state index contributed by atoms with van der Waals surface area (Å²) in [5.74, 6) is -13.3. The van der Waals surface area contributed by atoms with Gasteiger partial charge in [0.1, 0.15) is 0 Å². The van der Waals surface area contributed by atoms with Gasteiger partial charge in [-0.05, 0) is 0 Å². The van der Waals surface area contributed by atoms with Crippen LogP contribution in [-0.4, -0.2) is 83.7 Å². The van der Waals surface area contributed by atoms with Gasteiger partial charge in [0.2, 0.25) is 0 Å². The molecule has 0 rings (SSSR count). The van der Waals surface area contributed by atoms with Gasteiger partial charge in [-0.3, -0.25) is 0 Å². The summed E-state index contributed by atoms with van der Waals surface area (Å²) in [6.07, 6.45) is 0. The van der Waals surface area contributed by atoms with E-state index in [1.54, 1.807) is 0 Å². The Hall–Kier alpha value is -0.220. The SMILES string of the molecule is O=C(O)C(O)(O)C(O)(O)C(=O)O.[NaH]. The Morgan fingerprint density at radius 1 is 0.769 bits per heavy atom. The van der Waals surface area contributed by atoms with Gasteiger partial charge in [-0.2, -0.15) is 0 Å². The Morgan fingerprint density at radius 2 is 0.923 bits per heavy atom. The van der Waals surface area contributed by atoms with Gasteiger partial charge in [0.25, 0.3) is 0 Å². The number of aliphatic carboxylic acids is 2. The minimum atomic E-state index is -4.15. The summed E-state index contributed by atoms with van der Waals surface area (Å²) in [5.41, 5.74) is 0. The first kappa shape index (κ1) is 15.3. The molecule has 0 saturated heterocycles. The van der Waals surface area contributed by atoms with Crippen LogP contribution in [0.15, 0.2) is 0 Å². The van der Waals surface area contributed by atoms with Crippen LogP contribution < -0.4 is 0 Å². The third-order valence-electron chi connectivity index (χ3n) is 1.08. The predicted molar refractivity (Wildman–Crippen MR) is 36.8 cm³/mol. The van der Waals surface area contributed by atoms with Crippen LogP contribution in [0, 0.1) is 0 Å². The van der Waals surface area contributed by atoms with Crippen molar-refractivity contribution in [2.45, 2.75) is 11.6 Å². The third kappa shape index (κ3) is 2.61. The van der Waals surface area contributed by atoms with E-state index in [4.69, 9.17) is 30.6 Å². The second-order valence-corrected chi connectivity index (χ2v) is 1.95. The summed E-state index contributed by atoms with van der Waals surface area (Å²) in [5, 5.41) is 49.3. The molecule has 72 valence electrons. The fraction of sp³-hybridized carbons (Fsp3) is 0.500. The van der Waals surface area contributed by atoms with Gasteiger partial charge in [-0.1, -0.05) is 0 Å². The van der Waals surface area contributed by atoms with Gasteiger partial charge in [0.05, 0.1) is 0 Å².